The highest BCUT2D eigenvalue weighted by Gasteiger charge is 2.21. The van der Waals surface area contributed by atoms with Gasteiger partial charge in [-0.25, -0.2) is 0 Å². The molecule has 0 aliphatic carbocycles. The smallest absolute Gasteiger partial charge is 0.233 e. The molecule has 0 aliphatic rings. The van der Waals surface area contributed by atoms with Crippen molar-refractivity contribution in [2.24, 2.45) is 11.5 Å². The van der Waals surface area contributed by atoms with Gasteiger partial charge in [0.15, 0.2) is 0 Å². The number of amides is 2. The zero-order chi connectivity index (χ0) is 24.4. The predicted octanol–water partition coefficient (Wildman–Crippen LogP) is 4.89. The number of nitrogens with two attached hydrogens (primary N) is 2. The van der Waals surface area contributed by atoms with Gasteiger partial charge in [-0.15, -0.1) is 11.8 Å². The topological polar surface area (TPSA) is 110 Å². The summed E-state index contributed by atoms with van der Waals surface area (Å²) in [6.07, 6.45) is 21.8. The normalized spacial score (nSPS) is 12.0. The molecule has 1 unspecified atom stereocenters. The van der Waals surface area contributed by atoms with Gasteiger partial charge in [0.1, 0.15) is 0 Å². The van der Waals surface area contributed by atoms with Crippen molar-refractivity contribution in [3.8, 4) is 0 Å². The highest BCUT2D eigenvalue weighted by molar-refractivity contribution is 8.00. The summed E-state index contributed by atoms with van der Waals surface area (Å²) >= 11 is 1.58. The van der Waals surface area contributed by atoms with E-state index >= 15 is 0 Å². The number of carbonyl (C=O) groups excluding carboxylic acids is 2. The number of hydrogen-bond donors (Lipinski definition) is 4. The number of nitrogens with one attached hydrogen (secondary N) is 2. The molecule has 33 heavy (non-hydrogen) atoms. The Labute approximate surface area is 208 Å². The first-order valence-corrected chi connectivity index (χ1v) is 14.8. The Hall–Kier alpha value is -0.790. The van der Waals surface area contributed by atoms with E-state index in [0.717, 1.165) is 12.2 Å². The van der Waals surface area contributed by atoms with Crippen LogP contribution in [0.2, 0.25) is 0 Å². The van der Waals surface area contributed by atoms with E-state index in [1.165, 1.54) is 96.3 Å². The van der Waals surface area contributed by atoms with Crippen molar-refractivity contribution < 1.29 is 9.59 Å². The molecule has 0 fully saturated rings. The van der Waals surface area contributed by atoms with Gasteiger partial charge in [0.05, 0.1) is 5.25 Å². The Morgan fingerprint density at radius 1 is 0.667 bits per heavy atom. The highest BCUT2D eigenvalue weighted by Crippen LogP contribution is 2.19. The fourth-order valence-corrected chi connectivity index (χ4v) is 5.02. The van der Waals surface area contributed by atoms with E-state index in [2.05, 4.69) is 17.6 Å². The third-order valence-corrected chi connectivity index (χ3v) is 7.20. The average molecular weight is 487 g/mol. The van der Waals surface area contributed by atoms with Gasteiger partial charge in [-0.05, 0) is 12.2 Å². The van der Waals surface area contributed by atoms with Crippen LogP contribution >= 0.6 is 11.8 Å². The minimum Gasteiger partial charge on any atom is -0.355 e. The minimum atomic E-state index is -0.356. The van der Waals surface area contributed by atoms with E-state index in [4.69, 9.17) is 11.5 Å². The van der Waals surface area contributed by atoms with Crippen molar-refractivity contribution in [1.29, 1.82) is 0 Å². The summed E-state index contributed by atoms with van der Waals surface area (Å²) in [6.45, 7) is 3.97. The first-order chi connectivity index (χ1) is 16.2. The Morgan fingerprint density at radius 3 is 1.55 bits per heavy atom. The van der Waals surface area contributed by atoms with Crippen LogP contribution in [0.25, 0.3) is 0 Å². The zero-order valence-corrected chi connectivity index (χ0v) is 22.3. The summed E-state index contributed by atoms with van der Waals surface area (Å²) in [5, 5.41) is 5.21. The second-order valence-electron chi connectivity index (χ2n) is 9.09. The quantitative estimate of drug-likeness (QED) is 0.137. The molecule has 7 heteroatoms. The Balaban J connectivity index is 3.65. The maximum absolute atomic E-state index is 12.3. The molecule has 2 amide bonds. The summed E-state index contributed by atoms with van der Waals surface area (Å²) in [5.41, 5.74) is 10.9. The fraction of sp³-hybridized carbons (Fsp3) is 0.923. The minimum absolute atomic E-state index is 0.0927. The number of unbranched alkanes of at least 4 members (excludes halogenated alkanes) is 15. The largest absolute Gasteiger partial charge is 0.355 e. The molecule has 0 saturated heterocycles. The van der Waals surface area contributed by atoms with Gasteiger partial charge in [0.2, 0.25) is 11.8 Å². The van der Waals surface area contributed by atoms with Gasteiger partial charge in [-0.3, -0.25) is 9.59 Å². The van der Waals surface area contributed by atoms with Crippen LogP contribution in [0, 0.1) is 0 Å². The maximum Gasteiger partial charge on any atom is 0.233 e. The number of rotatable bonds is 25. The molecule has 1 atom stereocenters. The molecule has 6 N–H and O–H groups in total. The predicted molar refractivity (Wildman–Crippen MR) is 145 cm³/mol. The van der Waals surface area contributed by atoms with E-state index < -0.39 is 0 Å². The molecule has 0 aliphatic heterocycles. The average Bonchev–Trinajstić information content (AvgIpc) is 2.82. The molecule has 0 spiro atoms. The molecule has 0 saturated carbocycles. The van der Waals surface area contributed by atoms with E-state index in [0.29, 0.717) is 26.2 Å². The molecule has 0 heterocycles. The van der Waals surface area contributed by atoms with E-state index in [1.54, 1.807) is 11.8 Å². The molecule has 6 nitrogen and oxygen atoms in total. The van der Waals surface area contributed by atoms with Crippen LogP contribution in [-0.2, 0) is 9.59 Å². The number of carbonyl (C=O) groups is 2. The first kappa shape index (κ1) is 32.2. The summed E-state index contributed by atoms with van der Waals surface area (Å²) in [6, 6.07) is 0. The molecule has 0 aromatic carbocycles. The van der Waals surface area contributed by atoms with Gasteiger partial charge < -0.3 is 22.1 Å². The summed E-state index contributed by atoms with van der Waals surface area (Å²) in [5.74, 6) is 0.696. The maximum atomic E-state index is 12.3. The lowest BCUT2D eigenvalue weighted by atomic mass is 10.0. The van der Waals surface area contributed by atoms with E-state index in [9.17, 15) is 9.59 Å². The van der Waals surface area contributed by atoms with Crippen LogP contribution < -0.4 is 22.1 Å². The third kappa shape index (κ3) is 22.8. The Morgan fingerprint density at radius 2 is 1.09 bits per heavy atom. The SMILES string of the molecule is CCCCCCCCCCCCCCCCCCSC(CC(=O)NCCN)C(=O)NCCN. The highest BCUT2D eigenvalue weighted by atomic mass is 32.2. The molecule has 0 bridgehead atoms. The van der Waals surface area contributed by atoms with Crippen molar-refractivity contribution in [1.82, 2.24) is 10.6 Å². The fourth-order valence-electron chi connectivity index (χ4n) is 3.86. The second-order valence-corrected chi connectivity index (χ2v) is 10.4. The zero-order valence-electron chi connectivity index (χ0n) is 21.5. The van der Waals surface area contributed by atoms with Gasteiger partial charge in [0.25, 0.3) is 0 Å². The molecular weight excluding hydrogens is 432 g/mol. The number of hydrogen-bond acceptors (Lipinski definition) is 5. The third-order valence-electron chi connectivity index (χ3n) is 5.89. The Bertz CT molecular complexity index is 452. The standard InChI is InChI=1S/C26H54N4O2S/c1-2-3-4-5-6-7-8-9-10-11-12-13-14-15-16-17-22-33-24(26(32)30-21-19-28)23-25(31)29-20-18-27/h24H,2-23,27-28H2,1H3,(H,29,31)(H,30,32). The Kier molecular flexibility index (Phi) is 25.2. The van der Waals surface area contributed by atoms with E-state index in [-0.39, 0.29) is 23.5 Å². The van der Waals surface area contributed by atoms with Crippen LogP contribution in [0.4, 0.5) is 0 Å². The monoisotopic (exact) mass is 486 g/mol. The summed E-state index contributed by atoms with van der Waals surface area (Å²) in [7, 11) is 0. The van der Waals surface area contributed by atoms with Crippen LogP contribution in [0.15, 0.2) is 0 Å². The lowest BCUT2D eigenvalue weighted by Crippen LogP contribution is -2.39. The molecule has 0 rings (SSSR count). The van der Waals surface area contributed by atoms with Gasteiger partial charge in [-0.1, -0.05) is 103 Å². The van der Waals surface area contributed by atoms with Crippen LogP contribution in [0.5, 0.6) is 0 Å². The van der Waals surface area contributed by atoms with Gasteiger partial charge in [0, 0.05) is 32.6 Å². The van der Waals surface area contributed by atoms with Crippen molar-refractivity contribution in [2.45, 2.75) is 121 Å². The first-order valence-electron chi connectivity index (χ1n) is 13.7. The van der Waals surface area contributed by atoms with E-state index in [1.807, 2.05) is 0 Å². The molecule has 196 valence electrons. The number of thioether (sulfide) groups is 1. The van der Waals surface area contributed by atoms with Crippen LogP contribution in [0.1, 0.15) is 116 Å². The second kappa shape index (κ2) is 25.8. The van der Waals surface area contributed by atoms with Crippen molar-refractivity contribution in [3.05, 3.63) is 0 Å². The lowest BCUT2D eigenvalue weighted by molar-refractivity contribution is -0.125. The summed E-state index contributed by atoms with van der Waals surface area (Å²) < 4.78 is 0. The van der Waals surface area contributed by atoms with Crippen molar-refractivity contribution >= 4 is 23.6 Å². The van der Waals surface area contributed by atoms with Crippen molar-refractivity contribution in [2.75, 3.05) is 31.9 Å². The molecule has 0 aromatic rings. The summed E-state index contributed by atoms with van der Waals surface area (Å²) in [4.78, 5) is 24.3. The lowest BCUT2D eigenvalue weighted by Gasteiger charge is -2.16. The van der Waals surface area contributed by atoms with Crippen LogP contribution in [-0.4, -0.2) is 49.0 Å². The van der Waals surface area contributed by atoms with Gasteiger partial charge in [-0.2, -0.15) is 0 Å². The van der Waals surface area contributed by atoms with Crippen LogP contribution in [0.3, 0.4) is 0 Å². The molecule has 0 radical (unpaired) electrons. The molecule has 0 aromatic heterocycles. The molecular formula is C26H54N4O2S. The van der Waals surface area contributed by atoms with Crippen molar-refractivity contribution in [3.63, 3.8) is 0 Å². The van der Waals surface area contributed by atoms with Gasteiger partial charge >= 0.3 is 0 Å².